The van der Waals surface area contributed by atoms with Crippen LogP contribution in [0.3, 0.4) is 0 Å². The van der Waals surface area contributed by atoms with Gasteiger partial charge >= 0.3 is 6.18 Å². The van der Waals surface area contributed by atoms with Crippen molar-refractivity contribution in [3.8, 4) is 5.75 Å². The molecule has 5 nitrogen and oxygen atoms in total. The van der Waals surface area contributed by atoms with Crippen molar-refractivity contribution < 1.29 is 27.5 Å². The van der Waals surface area contributed by atoms with E-state index in [4.69, 9.17) is 4.74 Å². The van der Waals surface area contributed by atoms with Gasteiger partial charge in [-0.2, -0.15) is 13.2 Å². The van der Waals surface area contributed by atoms with Gasteiger partial charge in [0.2, 0.25) is 5.91 Å². The van der Waals surface area contributed by atoms with Gasteiger partial charge in [-0.3, -0.25) is 9.59 Å². The van der Waals surface area contributed by atoms with E-state index in [1.165, 1.54) is 12.1 Å². The second-order valence-corrected chi connectivity index (χ2v) is 4.80. The molecule has 2 N–H and O–H groups in total. The van der Waals surface area contributed by atoms with Crippen molar-refractivity contribution in [2.24, 2.45) is 0 Å². The Bertz CT molecular complexity index is 516. The summed E-state index contributed by atoms with van der Waals surface area (Å²) in [5.41, 5.74) is 0.288. The summed E-state index contributed by atoms with van der Waals surface area (Å²) in [7, 11) is 0. The summed E-state index contributed by atoms with van der Waals surface area (Å²) in [5, 5.41) is 3.92. The maximum atomic E-state index is 11.9. The van der Waals surface area contributed by atoms with Crippen LogP contribution in [0.2, 0.25) is 0 Å². The summed E-state index contributed by atoms with van der Waals surface area (Å²) in [4.78, 5) is 22.9. The van der Waals surface area contributed by atoms with Crippen molar-refractivity contribution in [2.45, 2.75) is 25.9 Å². The minimum absolute atomic E-state index is 0.288. The van der Waals surface area contributed by atoms with Gasteiger partial charge < -0.3 is 15.4 Å². The van der Waals surface area contributed by atoms with E-state index in [-0.39, 0.29) is 5.56 Å². The van der Waals surface area contributed by atoms with Gasteiger partial charge in [0, 0.05) is 5.56 Å². The fourth-order valence-corrected chi connectivity index (χ4v) is 1.56. The fourth-order valence-electron chi connectivity index (χ4n) is 1.56. The Morgan fingerprint density at radius 2 is 1.78 bits per heavy atom. The van der Waals surface area contributed by atoms with Crippen molar-refractivity contribution in [1.29, 1.82) is 0 Å². The zero-order valence-electron chi connectivity index (χ0n) is 12.7. The van der Waals surface area contributed by atoms with E-state index in [0.29, 0.717) is 12.4 Å². The van der Waals surface area contributed by atoms with Crippen LogP contribution >= 0.6 is 0 Å². The highest BCUT2D eigenvalue weighted by Gasteiger charge is 2.27. The van der Waals surface area contributed by atoms with Gasteiger partial charge in [0.1, 0.15) is 12.3 Å². The van der Waals surface area contributed by atoms with E-state index in [0.717, 1.165) is 12.8 Å². The average molecular weight is 332 g/mol. The predicted molar refractivity (Wildman–Crippen MR) is 78.2 cm³/mol. The Hall–Kier alpha value is -2.25. The van der Waals surface area contributed by atoms with Crippen LogP contribution in [0.5, 0.6) is 5.75 Å². The molecule has 128 valence electrons. The van der Waals surface area contributed by atoms with E-state index < -0.39 is 31.1 Å². The number of nitrogens with one attached hydrogen (secondary N) is 2. The Balaban J connectivity index is 2.38. The van der Waals surface area contributed by atoms with Crippen molar-refractivity contribution in [3.63, 3.8) is 0 Å². The second kappa shape index (κ2) is 9.02. The number of hydrogen-bond donors (Lipinski definition) is 2. The molecule has 0 aromatic heterocycles. The number of rotatable bonds is 8. The number of amides is 2. The lowest BCUT2D eigenvalue weighted by molar-refractivity contribution is -0.137. The third-order valence-corrected chi connectivity index (χ3v) is 2.78. The Morgan fingerprint density at radius 1 is 1.13 bits per heavy atom. The molecule has 1 aromatic carbocycles. The molecule has 0 radical (unpaired) electrons. The molecule has 2 amide bonds. The topological polar surface area (TPSA) is 67.4 Å². The average Bonchev–Trinajstić information content (AvgIpc) is 2.51. The van der Waals surface area contributed by atoms with Crippen molar-refractivity contribution in [1.82, 2.24) is 10.6 Å². The highest BCUT2D eigenvalue weighted by atomic mass is 19.4. The SMILES string of the molecule is CCCCOc1ccc(C(=O)NCC(=O)NCC(F)(F)F)cc1. The molecule has 1 aromatic rings. The molecule has 0 heterocycles. The van der Waals surface area contributed by atoms with Crippen LogP contribution in [0.25, 0.3) is 0 Å². The van der Waals surface area contributed by atoms with Crippen LogP contribution in [-0.2, 0) is 4.79 Å². The van der Waals surface area contributed by atoms with Crippen molar-refractivity contribution >= 4 is 11.8 Å². The molecule has 8 heteroatoms. The van der Waals surface area contributed by atoms with E-state index >= 15 is 0 Å². The first kappa shape index (κ1) is 18.8. The van der Waals surface area contributed by atoms with Crippen LogP contribution < -0.4 is 15.4 Å². The minimum Gasteiger partial charge on any atom is -0.494 e. The number of benzene rings is 1. The van der Waals surface area contributed by atoms with Gasteiger partial charge in [0.15, 0.2) is 0 Å². The fraction of sp³-hybridized carbons (Fsp3) is 0.467. The molecule has 1 rings (SSSR count). The smallest absolute Gasteiger partial charge is 0.405 e. The van der Waals surface area contributed by atoms with Gasteiger partial charge in [-0.05, 0) is 30.7 Å². The molecule has 0 spiro atoms. The zero-order valence-corrected chi connectivity index (χ0v) is 12.7. The summed E-state index contributed by atoms with van der Waals surface area (Å²) in [6.45, 7) is 0.679. The quantitative estimate of drug-likeness (QED) is 0.718. The van der Waals surface area contributed by atoms with Gasteiger partial charge in [0.05, 0.1) is 13.2 Å². The van der Waals surface area contributed by atoms with Crippen LogP contribution in [0.1, 0.15) is 30.1 Å². The van der Waals surface area contributed by atoms with Gasteiger partial charge in [0.25, 0.3) is 5.91 Å². The number of alkyl halides is 3. The lowest BCUT2D eigenvalue weighted by Crippen LogP contribution is -2.40. The normalized spacial score (nSPS) is 11.0. The van der Waals surface area contributed by atoms with E-state index in [1.54, 1.807) is 17.4 Å². The van der Waals surface area contributed by atoms with E-state index in [9.17, 15) is 22.8 Å². The molecule has 0 saturated heterocycles. The number of halogens is 3. The maximum Gasteiger partial charge on any atom is 0.405 e. The minimum atomic E-state index is -4.48. The van der Waals surface area contributed by atoms with Gasteiger partial charge in [-0.25, -0.2) is 0 Å². The maximum absolute atomic E-state index is 11.9. The lowest BCUT2D eigenvalue weighted by Gasteiger charge is -2.09. The first-order valence-electron chi connectivity index (χ1n) is 7.16. The standard InChI is InChI=1S/C15H19F3N2O3/c1-2-3-8-23-12-6-4-11(5-7-12)14(22)19-9-13(21)20-10-15(16,17)18/h4-7H,2-3,8-10H2,1H3,(H,19,22)(H,20,21). The molecule has 0 aliphatic carbocycles. The summed E-state index contributed by atoms with van der Waals surface area (Å²) in [6, 6.07) is 6.27. The van der Waals surface area contributed by atoms with Crippen molar-refractivity contribution in [3.05, 3.63) is 29.8 Å². The molecule has 23 heavy (non-hydrogen) atoms. The highest BCUT2D eigenvalue weighted by Crippen LogP contribution is 2.13. The molecule has 0 atom stereocenters. The molecule has 0 fully saturated rings. The Kier molecular flexibility index (Phi) is 7.37. The molecule has 0 saturated carbocycles. The van der Waals surface area contributed by atoms with Crippen LogP contribution in [0.15, 0.2) is 24.3 Å². The summed E-state index contributed by atoms with van der Waals surface area (Å²) in [5.74, 6) is -0.833. The predicted octanol–water partition coefficient (Wildman–Crippen LogP) is 2.27. The summed E-state index contributed by atoms with van der Waals surface area (Å²) < 4.78 is 41.2. The molecule has 0 bridgehead atoms. The first-order chi connectivity index (χ1) is 10.8. The largest absolute Gasteiger partial charge is 0.494 e. The molecular formula is C15H19F3N2O3. The molecule has 0 unspecified atom stereocenters. The molecular weight excluding hydrogens is 313 g/mol. The molecule has 0 aliphatic rings. The number of ether oxygens (including phenoxy) is 1. The number of carbonyl (C=O) groups excluding carboxylic acids is 2. The number of unbranched alkanes of at least 4 members (excludes halogenated alkanes) is 1. The molecule has 0 aliphatic heterocycles. The lowest BCUT2D eigenvalue weighted by atomic mass is 10.2. The van der Waals surface area contributed by atoms with E-state index in [2.05, 4.69) is 5.32 Å². The van der Waals surface area contributed by atoms with Gasteiger partial charge in [-0.1, -0.05) is 13.3 Å². The van der Waals surface area contributed by atoms with E-state index in [1.807, 2.05) is 6.92 Å². The summed E-state index contributed by atoms with van der Waals surface area (Å²) >= 11 is 0. The third-order valence-electron chi connectivity index (χ3n) is 2.78. The third kappa shape index (κ3) is 8.08. The van der Waals surface area contributed by atoms with Gasteiger partial charge in [-0.15, -0.1) is 0 Å². The number of hydrogen-bond acceptors (Lipinski definition) is 3. The monoisotopic (exact) mass is 332 g/mol. The second-order valence-electron chi connectivity index (χ2n) is 4.80. The Labute approximate surface area is 132 Å². The summed E-state index contributed by atoms with van der Waals surface area (Å²) in [6.07, 6.45) is -2.54. The zero-order chi connectivity index (χ0) is 17.3. The Morgan fingerprint density at radius 3 is 2.35 bits per heavy atom. The number of carbonyl (C=O) groups is 2. The van der Waals surface area contributed by atoms with Crippen LogP contribution in [0.4, 0.5) is 13.2 Å². The van der Waals surface area contributed by atoms with Crippen LogP contribution in [-0.4, -0.2) is 37.7 Å². The van der Waals surface area contributed by atoms with Crippen LogP contribution in [0, 0.1) is 0 Å². The highest BCUT2D eigenvalue weighted by molar-refractivity contribution is 5.96. The van der Waals surface area contributed by atoms with Crippen molar-refractivity contribution in [2.75, 3.05) is 19.7 Å². The first-order valence-corrected chi connectivity index (χ1v) is 7.16.